The van der Waals surface area contributed by atoms with E-state index in [2.05, 4.69) is 6.58 Å². The monoisotopic (exact) mass is 199 g/mol. The summed E-state index contributed by atoms with van der Waals surface area (Å²) < 4.78 is 4.76. The molecule has 1 amide bonds. The number of amides is 1. The van der Waals surface area contributed by atoms with Crippen LogP contribution in [0.2, 0.25) is 0 Å². The SMILES string of the molecule is C=CC(=O)ON1C(=O)OC[C@@H]1C(C)C. The zero-order chi connectivity index (χ0) is 10.7. The minimum Gasteiger partial charge on any atom is -0.445 e. The second kappa shape index (κ2) is 4.13. The van der Waals surface area contributed by atoms with E-state index in [1.54, 1.807) is 0 Å². The van der Waals surface area contributed by atoms with Gasteiger partial charge in [0, 0.05) is 6.08 Å². The lowest BCUT2D eigenvalue weighted by Gasteiger charge is -2.21. The molecular weight excluding hydrogens is 186 g/mol. The molecule has 1 aliphatic heterocycles. The number of hydroxylamine groups is 2. The van der Waals surface area contributed by atoms with Crippen LogP contribution in [0.1, 0.15) is 13.8 Å². The Morgan fingerprint density at radius 1 is 1.79 bits per heavy atom. The number of carbonyl (C=O) groups is 2. The number of carbonyl (C=O) groups excluding carboxylic acids is 2. The van der Waals surface area contributed by atoms with Gasteiger partial charge < -0.3 is 9.57 Å². The quantitative estimate of drug-likeness (QED) is 0.639. The van der Waals surface area contributed by atoms with Crippen molar-refractivity contribution in [1.82, 2.24) is 5.06 Å². The van der Waals surface area contributed by atoms with Crippen LogP contribution in [0, 0.1) is 5.92 Å². The fourth-order valence-electron chi connectivity index (χ4n) is 1.13. The summed E-state index contributed by atoms with van der Waals surface area (Å²) in [5.41, 5.74) is 0. The largest absolute Gasteiger partial charge is 0.445 e. The molecule has 0 aromatic carbocycles. The van der Waals surface area contributed by atoms with Crippen LogP contribution < -0.4 is 0 Å². The summed E-state index contributed by atoms with van der Waals surface area (Å²) in [6.07, 6.45) is 0.377. The van der Waals surface area contributed by atoms with Gasteiger partial charge in [-0.15, -0.1) is 5.06 Å². The highest BCUT2D eigenvalue weighted by molar-refractivity contribution is 5.82. The van der Waals surface area contributed by atoms with Gasteiger partial charge in [0.25, 0.3) is 0 Å². The van der Waals surface area contributed by atoms with Crippen LogP contribution in [0.15, 0.2) is 12.7 Å². The lowest BCUT2D eigenvalue weighted by atomic mass is 10.1. The number of hydrogen-bond acceptors (Lipinski definition) is 4. The maximum Gasteiger partial charge on any atom is 0.443 e. The normalized spacial score (nSPS) is 20.9. The molecule has 5 heteroatoms. The number of nitrogens with zero attached hydrogens (tertiary/aromatic N) is 1. The van der Waals surface area contributed by atoms with Crippen molar-refractivity contribution in [3.8, 4) is 0 Å². The summed E-state index contributed by atoms with van der Waals surface area (Å²) in [7, 11) is 0. The molecule has 78 valence electrons. The molecule has 0 N–H and O–H groups in total. The van der Waals surface area contributed by atoms with Crippen LogP contribution in [-0.2, 0) is 14.4 Å². The van der Waals surface area contributed by atoms with Gasteiger partial charge in [0.1, 0.15) is 12.6 Å². The second-order valence-electron chi connectivity index (χ2n) is 3.33. The molecule has 0 aromatic rings. The maximum atomic E-state index is 11.1. The fourth-order valence-corrected chi connectivity index (χ4v) is 1.13. The van der Waals surface area contributed by atoms with E-state index < -0.39 is 12.1 Å². The van der Waals surface area contributed by atoms with Crippen molar-refractivity contribution in [2.75, 3.05) is 6.61 Å². The van der Waals surface area contributed by atoms with Crippen molar-refractivity contribution in [1.29, 1.82) is 0 Å². The molecule has 0 radical (unpaired) electrons. The van der Waals surface area contributed by atoms with Crippen LogP contribution in [-0.4, -0.2) is 29.8 Å². The van der Waals surface area contributed by atoms with Crippen LogP contribution in [0.5, 0.6) is 0 Å². The Hall–Kier alpha value is -1.52. The lowest BCUT2D eigenvalue weighted by Crippen LogP contribution is -2.38. The molecule has 1 heterocycles. The third-order valence-electron chi connectivity index (χ3n) is 1.98. The van der Waals surface area contributed by atoms with Crippen LogP contribution in [0.25, 0.3) is 0 Å². The Morgan fingerprint density at radius 2 is 2.43 bits per heavy atom. The third kappa shape index (κ3) is 2.04. The first-order valence-electron chi connectivity index (χ1n) is 4.36. The third-order valence-corrected chi connectivity index (χ3v) is 1.98. The van der Waals surface area contributed by atoms with Gasteiger partial charge in [-0.3, -0.25) is 0 Å². The molecule has 0 saturated carbocycles. The zero-order valence-corrected chi connectivity index (χ0v) is 8.23. The smallest absolute Gasteiger partial charge is 0.443 e. The molecule has 0 bridgehead atoms. The van der Waals surface area contributed by atoms with Crippen molar-refractivity contribution in [2.24, 2.45) is 5.92 Å². The molecule has 1 rings (SSSR count). The molecule has 0 aromatic heterocycles. The molecule has 1 aliphatic rings. The van der Waals surface area contributed by atoms with Crippen molar-refractivity contribution >= 4 is 12.1 Å². The summed E-state index contributed by atoms with van der Waals surface area (Å²) in [5.74, 6) is -0.492. The minimum atomic E-state index is -0.658. The van der Waals surface area contributed by atoms with E-state index in [0.717, 1.165) is 11.1 Å². The highest BCUT2D eigenvalue weighted by atomic mass is 16.8. The molecule has 14 heavy (non-hydrogen) atoms. The Labute approximate surface area is 82.2 Å². The van der Waals surface area contributed by atoms with Gasteiger partial charge in [-0.1, -0.05) is 20.4 Å². The zero-order valence-electron chi connectivity index (χ0n) is 8.23. The highest BCUT2D eigenvalue weighted by Crippen LogP contribution is 2.19. The number of ether oxygens (including phenoxy) is 1. The van der Waals surface area contributed by atoms with Crippen molar-refractivity contribution in [3.63, 3.8) is 0 Å². The van der Waals surface area contributed by atoms with E-state index in [9.17, 15) is 9.59 Å². The molecule has 0 unspecified atom stereocenters. The summed E-state index contributed by atoms with van der Waals surface area (Å²) >= 11 is 0. The van der Waals surface area contributed by atoms with Gasteiger partial charge in [-0.2, -0.15) is 0 Å². The van der Waals surface area contributed by atoms with Crippen LogP contribution >= 0.6 is 0 Å². The first-order valence-corrected chi connectivity index (χ1v) is 4.36. The van der Waals surface area contributed by atoms with Gasteiger partial charge in [0.05, 0.1) is 0 Å². The summed E-state index contributed by atoms with van der Waals surface area (Å²) in [6, 6.07) is -0.216. The predicted molar refractivity (Wildman–Crippen MR) is 48.1 cm³/mol. The Morgan fingerprint density at radius 3 is 2.93 bits per heavy atom. The van der Waals surface area contributed by atoms with Gasteiger partial charge in [0.15, 0.2) is 0 Å². The van der Waals surface area contributed by atoms with E-state index >= 15 is 0 Å². The molecule has 1 saturated heterocycles. The predicted octanol–water partition coefficient (Wildman–Crippen LogP) is 1.11. The molecular formula is C9H13NO4. The number of hydrogen-bond donors (Lipinski definition) is 0. The summed E-state index contributed by atoms with van der Waals surface area (Å²) in [5, 5.41) is 0.967. The van der Waals surface area contributed by atoms with E-state index in [1.807, 2.05) is 13.8 Å². The van der Waals surface area contributed by atoms with Gasteiger partial charge in [0.2, 0.25) is 0 Å². The standard InChI is InChI=1S/C9H13NO4/c1-4-8(11)14-10-7(6(2)3)5-13-9(10)12/h4,6-7H,1,5H2,2-3H3/t7-/m1/s1. The van der Waals surface area contributed by atoms with Crippen molar-refractivity contribution in [2.45, 2.75) is 19.9 Å². The Kier molecular flexibility index (Phi) is 3.11. The van der Waals surface area contributed by atoms with Crippen molar-refractivity contribution in [3.05, 3.63) is 12.7 Å². The van der Waals surface area contributed by atoms with Crippen molar-refractivity contribution < 1.29 is 19.2 Å². The Balaban J connectivity index is 2.67. The molecule has 5 nitrogen and oxygen atoms in total. The number of cyclic esters (lactones) is 1. The second-order valence-corrected chi connectivity index (χ2v) is 3.33. The first-order chi connectivity index (χ1) is 6.56. The molecule has 0 aliphatic carbocycles. The Bertz CT molecular complexity index is 262. The van der Waals surface area contributed by atoms with E-state index in [-0.39, 0.29) is 18.6 Å². The van der Waals surface area contributed by atoms with Crippen LogP contribution in [0.4, 0.5) is 4.79 Å². The average molecular weight is 199 g/mol. The topological polar surface area (TPSA) is 55.8 Å². The molecule has 0 spiro atoms. The van der Waals surface area contributed by atoms with Gasteiger partial charge in [-0.05, 0) is 5.92 Å². The average Bonchev–Trinajstić information content (AvgIpc) is 2.48. The van der Waals surface area contributed by atoms with Gasteiger partial charge >= 0.3 is 12.1 Å². The lowest BCUT2D eigenvalue weighted by molar-refractivity contribution is -0.176. The van der Waals surface area contributed by atoms with E-state index in [1.165, 1.54) is 0 Å². The summed E-state index contributed by atoms with van der Waals surface area (Å²) in [4.78, 5) is 26.8. The fraction of sp³-hybridized carbons (Fsp3) is 0.556. The van der Waals surface area contributed by atoms with E-state index in [0.29, 0.717) is 0 Å². The van der Waals surface area contributed by atoms with Crippen LogP contribution in [0.3, 0.4) is 0 Å². The first kappa shape index (κ1) is 10.6. The minimum absolute atomic E-state index is 0.166. The van der Waals surface area contributed by atoms with Gasteiger partial charge in [-0.25, -0.2) is 9.59 Å². The molecule has 1 atom stereocenters. The summed E-state index contributed by atoms with van der Waals surface area (Å²) in [6.45, 7) is 7.33. The van der Waals surface area contributed by atoms with E-state index in [4.69, 9.17) is 9.57 Å². The maximum absolute atomic E-state index is 11.1. The number of rotatable bonds is 3. The highest BCUT2D eigenvalue weighted by Gasteiger charge is 2.38. The molecule has 1 fully saturated rings.